The van der Waals surface area contributed by atoms with E-state index in [1.807, 2.05) is 6.08 Å². The summed E-state index contributed by atoms with van der Waals surface area (Å²) in [5, 5.41) is 21.9. The molecule has 0 aromatic carbocycles. The van der Waals surface area contributed by atoms with Gasteiger partial charge in [0, 0.05) is 0 Å². The van der Waals surface area contributed by atoms with Crippen molar-refractivity contribution in [3.63, 3.8) is 0 Å². The van der Waals surface area contributed by atoms with Gasteiger partial charge in [0.05, 0.1) is 23.7 Å². The van der Waals surface area contributed by atoms with Gasteiger partial charge < -0.3 is 14.9 Å². The van der Waals surface area contributed by atoms with Gasteiger partial charge in [0.2, 0.25) is 0 Å². The molecule has 0 aromatic rings. The number of ether oxygens (including phenoxy) is 1. The summed E-state index contributed by atoms with van der Waals surface area (Å²) in [4.78, 5) is 12.6. The van der Waals surface area contributed by atoms with Crippen LogP contribution in [-0.4, -0.2) is 34.5 Å². The van der Waals surface area contributed by atoms with Gasteiger partial charge in [0.25, 0.3) is 0 Å². The molecule has 25 heavy (non-hydrogen) atoms. The number of aliphatic hydroxyl groups is 2. The molecule has 2 N–H and O–H groups in total. The molecule has 2 saturated carbocycles. The first kappa shape index (κ1) is 18.9. The van der Waals surface area contributed by atoms with E-state index in [1.54, 1.807) is 13.8 Å². The predicted molar refractivity (Wildman–Crippen MR) is 96.9 cm³/mol. The third-order valence-electron chi connectivity index (χ3n) is 7.77. The average molecular weight is 350 g/mol. The van der Waals surface area contributed by atoms with Crippen molar-refractivity contribution in [1.29, 1.82) is 0 Å². The summed E-state index contributed by atoms with van der Waals surface area (Å²) in [5.74, 6) is 0.273. The highest BCUT2D eigenvalue weighted by atomic mass is 16.5. The van der Waals surface area contributed by atoms with E-state index >= 15 is 0 Å². The molecule has 0 amide bonds. The highest BCUT2D eigenvalue weighted by molar-refractivity contribution is 5.77. The molecule has 4 nitrogen and oxygen atoms in total. The Morgan fingerprint density at radius 3 is 2.48 bits per heavy atom. The summed E-state index contributed by atoms with van der Waals surface area (Å²) >= 11 is 0. The van der Waals surface area contributed by atoms with Gasteiger partial charge in [0.15, 0.2) is 0 Å². The molecule has 142 valence electrons. The molecule has 0 spiro atoms. The Balaban J connectivity index is 1.99. The molecule has 4 heteroatoms. The van der Waals surface area contributed by atoms with Gasteiger partial charge in [-0.05, 0) is 82.1 Å². The van der Waals surface area contributed by atoms with Crippen molar-refractivity contribution in [2.24, 2.45) is 22.7 Å². The maximum Gasteiger partial charge on any atom is 0.311 e. The maximum atomic E-state index is 12.6. The Kier molecular flexibility index (Phi) is 4.40. The molecule has 5 atom stereocenters. The van der Waals surface area contributed by atoms with Crippen LogP contribution in [0.4, 0.5) is 0 Å². The van der Waals surface area contributed by atoms with Gasteiger partial charge in [-0.25, -0.2) is 0 Å². The molecule has 2 fully saturated rings. The lowest BCUT2D eigenvalue weighted by atomic mass is 9.43. The third kappa shape index (κ3) is 2.76. The average Bonchev–Trinajstić information content (AvgIpc) is 2.52. The van der Waals surface area contributed by atoms with Crippen molar-refractivity contribution in [3.05, 3.63) is 11.6 Å². The topological polar surface area (TPSA) is 66.8 Å². The normalized spacial score (nSPS) is 44.4. The summed E-state index contributed by atoms with van der Waals surface area (Å²) in [7, 11) is 1.48. The number of carbonyl (C=O) groups is 1. The van der Waals surface area contributed by atoms with Crippen LogP contribution in [0, 0.1) is 22.7 Å². The second-order valence-electron chi connectivity index (χ2n) is 9.67. The second-order valence-corrected chi connectivity index (χ2v) is 9.67. The Hall–Kier alpha value is -0.870. The van der Waals surface area contributed by atoms with Gasteiger partial charge in [-0.2, -0.15) is 0 Å². The van der Waals surface area contributed by atoms with Crippen molar-refractivity contribution in [2.45, 2.75) is 83.8 Å². The summed E-state index contributed by atoms with van der Waals surface area (Å²) in [6, 6.07) is 0. The number of hydrogen-bond acceptors (Lipinski definition) is 4. The SMILES string of the molecule is COC(=O)[C@]1(C)CCC[C@@]2(C)[C@H]3CCC(C(C)(C)O)=C[C@@]3(O)CC[C@@H]21. The van der Waals surface area contributed by atoms with Crippen LogP contribution < -0.4 is 0 Å². The monoisotopic (exact) mass is 350 g/mol. The zero-order valence-corrected chi connectivity index (χ0v) is 16.4. The molecule has 0 unspecified atom stereocenters. The van der Waals surface area contributed by atoms with Crippen LogP contribution in [0.15, 0.2) is 11.6 Å². The van der Waals surface area contributed by atoms with Crippen LogP contribution in [0.5, 0.6) is 0 Å². The number of esters is 1. The molecule has 3 rings (SSSR count). The van der Waals surface area contributed by atoms with Crippen molar-refractivity contribution in [2.75, 3.05) is 7.11 Å². The lowest BCUT2D eigenvalue weighted by Gasteiger charge is -2.62. The number of methoxy groups -OCH3 is 1. The summed E-state index contributed by atoms with van der Waals surface area (Å²) in [5.41, 5.74) is -1.34. The zero-order chi connectivity index (χ0) is 18.7. The highest BCUT2D eigenvalue weighted by Crippen LogP contribution is 2.64. The first-order chi connectivity index (χ1) is 11.5. The smallest absolute Gasteiger partial charge is 0.311 e. The first-order valence-corrected chi connectivity index (χ1v) is 9.73. The highest BCUT2D eigenvalue weighted by Gasteiger charge is 2.62. The minimum atomic E-state index is -0.883. The van der Waals surface area contributed by atoms with E-state index in [1.165, 1.54) is 7.11 Å². The van der Waals surface area contributed by atoms with Crippen molar-refractivity contribution < 1.29 is 19.7 Å². The Bertz CT molecular complexity index is 589. The van der Waals surface area contributed by atoms with Gasteiger partial charge in [-0.15, -0.1) is 0 Å². The number of hydrogen-bond donors (Lipinski definition) is 2. The number of rotatable bonds is 2. The second kappa shape index (κ2) is 5.82. The molecule has 3 aliphatic carbocycles. The fourth-order valence-corrected chi connectivity index (χ4v) is 6.49. The largest absolute Gasteiger partial charge is 0.469 e. The molecule has 0 heterocycles. The molecule has 0 bridgehead atoms. The van der Waals surface area contributed by atoms with Crippen LogP contribution in [0.2, 0.25) is 0 Å². The lowest BCUT2D eigenvalue weighted by Crippen LogP contribution is -2.61. The van der Waals surface area contributed by atoms with Crippen LogP contribution in [0.3, 0.4) is 0 Å². The minimum Gasteiger partial charge on any atom is -0.469 e. The summed E-state index contributed by atoms with van der Waals surface area (Å²) in [6.45, 7) is 7.93. The van der Waals surface area contributed by atoms with Crippen LogP contribution >= 0.6 is 0 Å². The molecule has 0 radical (unpaired) electrons. The van der Waals surface area contributed by atoms with E-state index in [0.717, 1.165) is 44.1 Å². The summed E-state index contributed by atoms with van der Waals surface area (Å²) < 4.78 is 5.16. The van der Waals surface area contributed by atoms with E-state index in [2.05, 4.69) is 13.8 Å². The van der Waals surface area contributed by atoms with Gasteiger partial charge >= 0.3 is 5.97 Å². The predicted octanol–water partition coefficient (Wildman–Crippen LogP) is 3.60. The van der Waals surface area contributed by atoms with E-state index in [0.29, 0.717) is 6.42 Å². The van der Waals surface area contributed by atoms with E-state index < -0.39 is 16.6 Å². The van der Waals surface area contributed by atoms with Crippen LogP contribution in [-0.2, 0) is 9.53 Å². The maximum absolute atomic E-state index is 12.6. The standard InChI is InChI=1S/C21H34O4/c1-18(2,23)14-7-8-16-19(3)10-6-11-20(4,17(22)25-5)15(19)9-12-21(16,24)13-14/h13,15-16,23-24H,6-12H2,1-5H3/t15-,16+,19+,20+,21-/m0/s1. The van der Waals surface area contributed by atoms with Crippen LogP contribution in [0.25, 0.3) is 0 Å². The van der Waals surface area contributed by atoms with E-state index in [4.69, 9.17) is 4.74 Å². The quantitative estimate of drug-likeness (QED) is 0.590. The Labute approximate surface area is 151 Å². The van der Waals surface area contributed by atoms with E-state index in [-0.39, 0.29) is 23.2 Å². The molecule has 3 aliphatic rings. The fourth-order valence-electron chi connectivity index (χ4n) is 6.49. The van der Waals surface area contributed by atoms with Gasteiger partial charge in [-0.3, -0.25) is 4.79 Å². The molecule has 0 aliphatic heterocycles. The van der Waals surface area contributed by atoms with Gasteiger partial charge in [0.1, 0.15) is 0 Å². The minimum absolute atomic E-state index is 0.0736. The number of fused-ring (bicyclic) bond motifs is 3. The molecular formula is C21H34O4. The first-order valence-electron chi connectivity index (χ1n) is 9.73. The molecule has 0 aromatic heterocycles. The van der Waals surface area contributed by atoms with Gasteiger partial charge in [-0.1, -0.05) is 19.4 Å². The summed E-state index contributed by atoms with van der Waals surface area (Å²) in [6.07, 6.45) is 8.03. The Morgan fingerprint density at radius 1 is 1.20 bits per heavy atom. The van der Waals surface area contributed by atoms with Crippen LogP contribution in [0.1, 0.15) is 72.6 Å². The Morgan fingerprint density at radius 2 is 1.88 bits per heavy atom. The van der Waals surface area contributed by atoms with Crippen molar-refractivity contribution in [3.8, 4) is 0 Å². The zero-order valence-electron chi connectivity index (χ0n) is 16.4. The molecular weight excluding hydrogens is 316 g/mol. The number of carbonyl (C=O) groups excluding carboxylic acids is 1. The lowest BCUT2D eigenvalue weighted by molar-refractivity contribution is -0.189. The third-order valence-corrected chi connectivity index (χ3v) is 7.77. The van der Waals surface area contributed by atoms with Crippen molar-refractivity contribution in [1.82, 2.24) is 0 Å². The fraction of sp³-hybridized carbons (Fsp3) is 0.857. The van der Waals surface area contributed by atoms with E-state index in [9.17, 15) is 15.0 Å². The van der Waals surface area contributed by atoms with Crippen molar-refractivity contribution >= 4 is 5.97 Å². The molecule has 0 saturated heterocycles.